The SMILES string of the molecule is NCCNC(=O)CCCC[C@@H]1SC[C@@H]2NC(=O)N[C@@H]21. The van der Waals surface area contributed by atoms with Crippen LogP contribution in [0.1, 0.15) is 25.7 Å². The molecule has 0 bridgehead atoms. The molecule has 0 aromatic rings. The average Bonchev–Trinajstić information content (AvgIpc) is 2.92. The molecule has 5 N–H and O–H groups in total. The van der Waals surface area contributed by atoms with Crippen molar-refractivity contribution in [3.63, 3.8) is 0 Å². The maximum Gasteiger partial charge on any atom is 0.315 e. The lowest BCUT2D eigenvalue weighted by Crippen LogP contribution is -2.36. The number of hydrogen-bond donors (Lipinski definition) is 4. The third-order valence-electron chi connectivity index (χ3n) is 3.55. The first-order chi connectivity index (χ1) is 9.20. The molecule has 2 aliphatic heterocycles. The molecule has 3 amide bonds. The van der Waals surface area contributed by atoms with Crippen LogP contribution in [0.15, 0.2) is 0 Å². The Morgan fingerprint density at radius 3 is 3.05 bits per heavy atom. The van der Waals surface area contributed by atoms with Gasteiger partial charge in [-0.3, -0.25) is 4.79 Å². The molecule has 3 atom stereocenters. The van der Waals surface area contributed by atoms with Crippen LogP contribution in [-0.2, 0) is 4.79 Å². The van der Waals surface area contributed by atoms with E-state index in [1.165, 1.54) is 0 Å². The first-order valence-corrected chi connectivity index (χ1v) is 7.91. The van der Waals surface area contributed by atoms with Crippen molar-refractivity contribution in [2.45, 2.75) is 43.0 Å². The van der Waals surface area contributed by atoms with Crippen molar-refractivity contribution in [3.05, 3.63) is 0 Å². The van der Waals surface area contributed by atoms with Crippen LogP contribution in [0.4, 0.5) is 4.79 Å². The molecule has 19 heavy (non-hydrogen) atoms. The van der Waals surface area contributed by atoms with Gasteiger partial charge in [-0.2, -0.15) is 11.8 Å². The number of amides is 3. The van der Waals surface area contributed by atoms with E-state index in [0.29, 0.717) is 24.8 Å². The highest BCUT2D eigenvalue weighted by atomic mass is 32.2. The molecule has 0 aromatic heterocycles. The molecule has 2 fully saturated rings. The van der Waals surface area contributed by atoms with Gasteiger partial charge in [-0.1, -0.05) is 6.42 Å². The number of fused-ring (bicyclic) bond motifs is 1. The summed E-state index contributed by atoms with van der Waals surface area (Å²) in [6, 6.07) is 0.514. The molecular weight excluding hydrogens is 264 g/mol. The fourth-order valence-corrected chi connectivity index (χ4v) is 4.12. The minimum absolute atomic E-state index is 0.0403. The van der Waals surface area contributed by atoms with Gasteiger partial charge >= 0.3 is 6.03 Å². The normalized spacial score (nSPS) is 28.7. The van der Waals surface area contributed by atoms with Gasteiger partial charge < -0.3 is 21.7 Å². The van der Waals surface area contributed by atoms with E-state index >= 15 is 0 Å². The number of rotatable bonds is 7. The summed E-state index contributed by atoms with van der Waals surface area (Å²) in [5.74, 6) is 1.07. The fraction of sp³-hybridized carbons (Fsp3) is 0.833. The summed E-state index contributed by atoms with van der Waals surface area (Å²) in [7, 11) is 0. The first kappa shape index (κ1) is 14.5. The highest BCUT2D eigenvalue weighted by Crippen LogP contribution is 2.33. The summed E-state index contributed by atoms with van der Waals surface area (Å²) in [4.78, 5) is 22.6. The zero-order valence-corrected chi connectivity index (χ0v) is 11.8. The number of thioether (sulfide) groups is 1. The molecule has 0 aromatic carbocycles. The zero-order valence-electron chi connectivity index (χ0n) is 11.0. The lowest BCUT2D eigenvalue weighted by Gasteiger charge is -2.16. The van der Waals surface area contributed by atoms with E-state index < -0.39 is 0 Å². The van der Waals surface area contributed by atoms with Gasteiger partial charge in [-0.15, -0.1) is 0 Å². The van der Waals surface area contributed by atoms with E-state index in [-0.39, 0.29) is 24.0 Å². The number of carbonyl (C=O) groups is 2. The van der Waals surface area contributed by atoms with Crippen LogP contribution >= 0.6 is 11.8 Å². The van der Waals surface area contributed by atoms with Crippen LogP contribution in [0.2, 0.25) is 0 Å². The van der Waals surface area contributed by atoms with Crippen molar-refractivity contribution in [2.75, 3.05) is 18.8 Å². The second kappa shape index (κ2) is 7.00. The molecule has 0 aliphatic carbocycles. The van der Waals surface area contributed by atoms with Crippen LogP contribution in [0.25, 0.3) is 0 Å². The van der Waals surface area contributed by atoms with Gasteiger partial charge in [-0.25, -0.2) is 4.79 Å². The summed E-state index contributed by atoms with van der Waals surface area (Å²) in [6.07, 6.45) is 3.53. The number of hydrogen-bond acceptors (Lipinski definition) is 4. The van der Waals surface area contributed by atoms with Crippen molar-refractivity contribution >= 4 is 23.7 Å². The topological polar surface area (TPSA) is 96.2 Å². The van der Waals surface area contributed by atoms with Gasteiger partial charge in [0.2, 0.25) is 5.91 Å². The Balaban J connectivity index is 1.59. The molecule has 2 rings (SSSR count). The molecule has 0 spiro atoms. The van der Waals surface area contributed by atoms with Crippen molar-refractivity contribution in [1.29, 1.82) is 0 Å². The summed E-state index contributed by atoms with van der Waals surface area (Å²) >= 11 is 1.91. The fourth-order valence-electron chi connectivity index (χ4n) is 2.57. The summed E-state index contributed by atoms with van der Waals surface area (Å²) in [5.41, 5.74) is 5.32. The number of unbranched alkanes of at least 4 members (excludes halogenated alkanes) is 1. The van der Waals surface area contributed by atoms with Crippen molar-refractivity contribution < 1.29 is 9.59 Å². The van der Waals surface area contributed by atoms with E-state index in [9.17, 15) is 9.59 Å². The Hall–Kier alpha value is -0.950. The minimum atomic E-state index is -0.0403. The Labute approximate surface area is 117 Å². The van der Waals surface area contributed by atoms with E-state index in [1.807, 2.05) is 11.8 Å². The van der Waals surface area contributed by atoms with Crippen LogP contribution < -0.4 is 21.7 Å². The summed E-state index contributed by atoms with van der Waals surface area (Å²) in [5, 5.41) is 9.16. The third-order valence-corrected chi connectivity index (χ3v) is 5.06. The van der Waals surface area contributed by atoms with Crippen molar-refractivity contribution in [1.82, 2.24) is 16.0 Å². The minimum Gasteiger partial charge on any atom is -0.355 e. The molecule has 0 radical (unpaired) electrons. The number of urea groups is 1. The summed E-state index contributed by atoms with van der Waals surface area (Å²) < 4.78 is 0. The molecule has 6 nitrogen and oxygen atoms in total. The van der Waals surface area contributed by atoms with E-state index in [4.69, 9.17) is 5.73 Å². The number of nitrogens with one attached hydrogen (secondary N) is 3. The molecule has 7 heteroatoms. The summed E-state index contributed by atoms with van der Waals surface area (Å²) in [6.45, 7) is 1.04. The molecule has 0 unspecified atom stereocenters. The van der Waals surface area contributed by atoms with Crippen LogP contribution in [0, 0.1) is 0 Å². The standard InChI is InChI=1S/C12H22N4O2S/c13-5-6-14-10(17)4-2-1-3-9-11-8(7-19-9)15-12(18)16-11/h8-9,11H,1-7,13H2,(H,14,17)(H2,15,16,18)/t8-,9-,11-/m0/s1. The second-order valence-corrected chi connectivity index (χ2v) is 6.28. The Bertz CT molecular complexity index is 340. The van der Waals surface area contributed by atoms with E-state index in [1.54, 1.807) is 0 Å². The third kappa shape index (κ3) is 4.01. The van der Waals surface area contributed by atoms with Gasteiger partial charge in [-0.05, 0) is 12.8 Å². The van der Waals surface area contributed by atoms with Crippen LogP contribution in [0.3, 0.4) is 0 Å². The largest absolute Gasteiger partial charge is 0.355 e. The lowest BCUT2D eigenvalue weighted by molar-refractivity contribution is -0.121. The Morgan fingerprint density at radius 2 is 2.26 bits per heavy atom. The predicted molar refractivity (Wildman–Crippen MR) is 76.0 cm³/mol. The van der Waals surface area contributed by atoms with Gasteiger partial charge in [0, 0.05) is 30.5 Å². The lowest BCUT2D eigenvalue weighted by atomic mass is 10.0. The monoisotopic (exact) mass is 286 g/mol. The first-order valence-electron chi connectivity index (χ1n) is 6.86. The number of carbonyl (C=O) groups excluding carboxylic acids is 2. The highest BCUT2D eigenvalue weighted by Gasteiger charge is 2.42. The average molecular weight is 286 g/mol. The Morgan fingerprint density at radius 1 is 1.42 bits per heavy atom. The van der Waals surface area contributed by atoms with Gasteiger partial charge in [0.1, 0.15) is 0 Å². The van der Waals surface area contributed by atoms with Gasteiger partial charge in [0.05, 0.1) is 12.1 Å². The van der Waals surface area contributed by atoms with Gasteiger partial charge in [0.15, 0.2) is 0 Å². The maximum atomic E-state index is 11.4. The Kier molecular flexibility index (Phi) is 5.33. The quantitative estimate of drug-likeness (QED) is 0.384. The molecule has 2 heterocycles. The van der Waals surface area contributed by atoms with Crippen molar-refractivity contribution in [3.8, 4) is 0 Å². The molecule has 2 aliphatic rings. The molecule has 2 saturated heterocycles. The molecule has 0 saturated carbocycles. The van der Waals surface area contributed by atoms with Crippen LogP contribution in [0.5, 0.6) is 0 Å². The smallest absolute Gasteiger partial charge is 0.315 e. The van der Waals surface area contributed by atoms with Crippen LogP contribution in [-0.4, -0.2) is 48.1 Å². The maximum absolute atomic E-state index is 11.4. The van der Waals surface area contributed by atoms with E-state index in [2.05, 4.69) is 16.0 Å². The van der Waals surface area contributed by atoms with E-state index in [0.717, 1.165) is 25.0 Å². The predicted octanol–water partition coefficient (Wildman–Crippen LogP) is -0.213. The number of nitrogens with two attached hydrogens (primary N) is 1. The zero-order chi connectivity index (χ0) is 13.7. The second-order valence-electron chi connectivity index (χ2n) is 5.01. The van der Waals surface area contributed by atoms with Gasteiger partial charge in [0.25, 0.3) is 0 Å². The molecule has 108 valence electrons. The highest BCUT2D eigenvalue weighted by molar-refractivity contribution is 8.00. The van der Waals surface area contributed by atoms with Crippen molar-refractivity contribution in [2.24, 2.45) is 5.73 Å². The molecular formula is C12H22N4O2S.